The van der Waals surface area contributed by atoms with Gasteiger partial charge in [0.1, 0.15) is 5.82 Å². The highest BCUT2D eigenvalue weighted by Crippen LogP contribution is 2.25. The number of hydrogen-bond donors (Lipinski definition) is 2. The zero-order chi connectivity index (χ0) is 22.2. The number of para-hydroxylation sites is 1. The number of hydrogen-bond acceptors (Lipinski definition) is 4. The SMILES string of the molecule is Cc1cc(CN2CCc3nc(-c4ccc(N)cc4)[nH]c(=O)c3C2)c(C)n1-c1ccccc1. The topological polar surface area (TPSA) is 79.9 Å². The second-order valence-corrected chi connectivity index (χ2v) is 8.49. The van der Waals surface area contributed by atoms with Crippen LogP contribution in [0.25, 0.3) is 17.1 Å². The summed E-state index contributed by atoms with van der Waals surface area (Å²) in [5.41, 5.74) is 13.9. The highest BCUT2D eigenvalue weighted by molar-refractivity contribution is 5.58. The summed E-state index contributed by atoms with van der Waals surface area (Å²) in [5, 5.41) is 0. The molecule has 0 amide bonds. The molecule has 32 heavy (non-hydrogen) atoms. The summed E-state index contributed by atoms with van der Waals surface area (Å²) in [6, 6.07) is 20.1. The molecule has 0 bridgehead atoms. The zero-order valence-electron chi connectivity index (χ0n) is 18.4. The molecule has 3 N–H and O–H groups in total. The number of aromatic nitrogens is 3. The molecule has 6 nitrogen and oxygen atoms in total. The Hall–Kier alpha value is -3.64. The van der Waals surface area contributed by atoms with Gasteiger partial charge < -0.3 is 15.3 Å². The fraction of sp³-hybridized carbons (Fsp3) is 0.231. The van der Waals surface area contributed by atoms with Crippen LogP contribution in [-0.4, -0.2) is 26.0 Å². The van der Waals surface area contributed by atoms with Gasteiger partial charge in [0.2, 0.25) is 0 Å². The number of fused-ring (bicyclic) bond motifs is 1. The number of nitrogens with one attached hydrogen (secondary N) is 1. The average Bonchev–Trinajstić information content (AvgIpc) is 3.07. The Labute approximate surface area is 187 Å². The summed E-state index contributed by atoms with van der Waals surface area (Å²) in [6.07, 6.45) is 0.763. The van der Waals surface area contributed by atoms with Crippen molar-refractivity contribution in [2.24, 2.45) is 0 Å². The number of benzene rings is 2. The lowest BCUT2D eigenvalue weighted by Crippen LogP contribution is -2.35. The standard InChI is InChI=1S/C26H27N5O/c1-17-14-20(18(2)31(17)22-6-4-3-5-7-22)15-30-13-12-24-23(16-30)26(32)29-25(28-24)19-8-10-21(27)11-9-19/h3-11,14H,12-13,15-16,27H2,1-2H3,(H,28,29,32). The van der Waals surface area contributed by atoms with Gasteiger partial charge in [-0.2, -0.15) is 0 Å². The highest BCUT2D eigenvalue weighted by atomic mass is 16.1. The fourth-order valence-corrected chi connectivity index (χ4v) is 4.60. The molecule has 6 heteroatoms. The van der Waals surface area contributed by atoms with E-state index in [1.165, 1.54) is 22.6 Å². The van der Waals surface area contributed by atoms with Crippen LogP contribution in [0.5, 0.6) is 0 Å². The van der Waals surface area contributed by atoms with Gasteiger partial charge in [0, 0.05) is 54.4 Å². The van der Waals surface area contributed by atoms with Crippen LogP contribution in [0.2, 0.25) is 0 Å². The molecular weight excluding hydrogens is 398 g/mol. The quantitative estimate of drug-likeness (QED) is 0.485. The molecule has 0 saturated carbocycles. The number of H-pyrrole nitrogens is 1. The van der Waals surface area contributed by atoms with Crippen molar-refractivity contribution in [2.45, 2.75) is 33.4 Å². The third-order valence-electron chi connectivity index (χ3n) is 6.28. The number of aromatic amines is 1. The maximum atomic E-state index is 12.9. The van der Waals surface area contributed by atoms with E-state index in [4.69, 9.17) is 10.7 Å². The predicted octanol–water partition coefficient (Wildman–Crippen LogP) is 3.98. The van der Waals surface area contributed by atoms with E-state index in [2.05, 4.69) is 58.6 Å². The van der Waals surface area contributed by atoms with Crippen molar-refractivity contribution >= 4 is 5.69 Å². The van der Waals surface area contributed by atoms with Gasteiger partial charge in [-0.25, -0.2) is 4.98 Å². The van der Waals surface area contributed by atoms with E-state index in [9.17, 15) is 4.79 Å². The summed E-state index contributed by atoms with van der Waals surface area (Å²) in [5.74, 6) is 0.605. The molecule has 2 aromatic heterocycles. The van der Waals surface area contributed by atoms with Crippen molar-refractivity contribution in [3.8, 4) is 17.1 Å². The van der Waals surface area contributed by atoms with E-state index in [0.29, 0.717) is 18.1 Å². The molecule has 1 aliphatic heterocycles. The first-order valence-electron chi connectivity index (χ1n) is 10.9. The van der Waals surface area contributed by atoms with Gasteiger partial charge in [-0.1, -0.05) is 18.2 Å². The maximum Gasteiger partial charge on any atom is 0.255 e. The molecule has 2 aromatic carbocycles. The number of anilines is 1. The second-order valence-electron chi connectivity index (χ2n) is 8.49. The first kappa shape index (κ1) is 20.3. The summed E-state index contributed by atoms with van der Waals surface area (Å²) in [4.78, 5) is 22.9. The number of nitrogen functional groups attached to an aromatic ring is 1. The molecule has 3 heterocycles. The van der Waals surface area contributed by atoms with Crippen LogP contribution in [0.4, 0.5) is 5.69 Å². The summed E-state index contributed by atoms with van der Waals surface area (Å²) in [6.45, 7) is 6.60. The molecule has 0 fully saturated rings. The van der Waals surface area contributed by atoms with Crippen LogP contribution in [0.3, 0.4) is 0 Å². The van der Waals surface area contributed by atoms with Crippen LogP contribution in [0.1, 0.15) is 28.2 Å². The lowest BCUT2D eigenvalue weighted by Gasteiger charge is -2.27. The van der Waals surface area contributed by atoms with Crippen LogP contribution in [-0.2, 0) is 19.5 Å². The second kappa shape index (κ2) is 8.13. The Kier molecular flexibility index (Phi) is 5.15. The maximum absolute atomic E-state index is 12.9. The summed E-state index contributed by atoms with van der Waals surface area (Å²) >= 11 is 0. The number of rotatable bonds is 4. The molecular formula is C26H27N5O. The van der Waals surface area contributed by atoms with E-state index in [1.807, 2.05) is 30.3 Å². The number of nitrogens with two attached hydrogens (primary N) is 1. The van der Waals surface area contributed by atoms with Gasteiger partial charge in [0.05, 0.1) is 11.3 Å². The van der Waals surface area contributed by atoms with E-state index in [-0.39, 0.29) is 5.56 Å². The minimum Gasteiger partial charge on any atom is -0.399 e. The van der Waals surface area contributed by atoms with Crippen molar-refractivity contribution in [3.63, 3.8) is 0 Å². The normalized spacial score (nSPS) is 13.8. The van der Waals surface area contributed by atoms with Crippen LogP contribution >= 0.6 is 0 Å². The summed E-state index contributed by atoms with van der Waals surface area (Å²) in [7, 11) is 0. The van der Waals surface area contributed by atoms with Gasteiger partial charge in [0.25, 0.3) is 5.56 Å². The molecule has 0 spiro atoms. The molecule has 0 aliphatic carbocycles. The van der Waals surface area contributed by atoms with Crippen LogP contribution < -0.4 is 11.3 Å². The van der Waals surface area contributed by atoms with E-state index >= 15 is 0 Å². The van der Waals surface area contributed by atoms with E-state index < -0.39 is 0 Å². The molecule has 162 valence electrons. The van der Waals surface area contributed by atoms with Crippen LogP contribution in [0, 0.1) is 13.8 Å². The Morgan fingerprint density at radius 2 is 1.81 bits per heavy atom. The van der Waals surface area contributed by atoms with E-state index in [0.717, 1.165) is 36.3 Å². The van der Waals surface area contributed by atoms with Gasteiger partial charge >= 0.3 is 0 Å². The smallest absolute Gasteiger partial charge is 0.255 e. The van der Waals surface area contributed by atoms with Gasteiger partial charge in [0.15, 0.2) is 0 Å². The average molecular weight is 426 g/mol. The monoisotopic (exact) mass is 425 g/mol. The molecule has 0 unspecified atom stereocenters. The molecule has 4 aromatic rings. The van der Waals surface area contributed by atoms with Crippen LogP contribution in [0.15, 0.2) is 65.5 Å². The Bertz CT molecular complexity index is 1320. The third kappa shape index (κ3) is 3.74. The molecule has 5 rings (SSSR count). The summed E-state index contributed by atoms with van der Waals surface area (Å²) < 4.78 is 2.29. The fourth-order valence-electron chi connectivity index (χ4n) is 4.60. The van der Waals surface area contributed by atoms with Crippen molar-refractivity contribution < 1.29 is 0 Å². The van der Waals surface area contributed by atoms with Gasteiger partial charge in [-0.15, -0.1) is 0 Å². The Morgan fingerprint density at radius 1 is 1.06 bits per heavy atom. The number of aryl methyl sites for hydroxylation is 1. The minimum absolute atomic E-state index is 0.0544. The first-order valence-corrected chi connectivity index (χ1v) is 10.9. The third-order valence-corrected chi connectivity index (χ3v) is 6.28. The molecule has 0 saturated heterocycles. The lowest BCUT2D eigenvalue weighted by atomic mass is 10.1. The predicted molar refractivity (Wildman–Crippen MR) is 128 cm³/mol. The minimum atomic E-state index is -0.0544. The zero-order valence-corrected chi connectivity index (χ0v) is 18.4. The lowest BCUT2D eigenvalue weighted by molar-refractivity contribution is 0.241. The van der Waals surface area contributed by atoms with Crippen molar-refractivity contribution in [3.05, 3.63) is 99.2 Å². The van der Waals surface area contributed by atoms with E-state index in [1.54, 1.807) is 0 Å². The van der Waals surface area contributed by atoms with Crippen molar-refractivity contribution in [1.82, 2.24) is 19.4 Å². The first-order chi connectivity index (χ1) is 15.5. The molecule has 1 aliphatic rings. The Morgan fingerprint density at radius 3 is 2.56 bits per heavy atom. The molecule has 0 radical (unpaired) electrons. The van der Waals surface area contributed by atoms with Crippen molar-refractivity contribution in [1.29, 1.82) is 0 Å². The highest BCUT2D eigenvalue weighted by Gasteiger charge is 2.23. The van der Waals surface area contributed by atoms with Gasteiger partial charge in [-0.05, 0) is 61.9 Å². The largest absolute Gasteiger partial charge is 0.399 e. The number of nitrogens with zero attached hydrogens (tertiary/aromatic N) is 3. The molecule has 0 atom stereocenters. The van der Waals surface area contributed by atoms with Crippen molar-refractivity contribution in [2.75, 3.05) is 12.3 Å². The Balaban J connectivity index is 1.39. The van der Waals surface area contributed by atoms with Gasteiger partial charge in [-0.3, -0.25) is 9.69 Å².